The Morgan fingerprint density at radius 3 is 3.45 bits per heavy atom. The SMILES string of the molecule is CON=CCSc1nccs1. The Balaban J connectivity index is 2.19. The zero-order chi connectivity index (χ0) is 7.94. The van der Waals surface area contributed by atoms with Crippen LogP contribution in [0, 0.1) is 0 Å². The van der Waals surface area contributed by atoms with Crippen LogP contribution in [0.4, 0.5) is 0 Å². The highest BCUT2D eigenvalue weighted by Gasteiger charge is 1.92. The van der Waals surface area contributed by atoms with Crippen LogP contribution in [0.15, 0.2) is 21.1 Å². The van der Waals surface area contributed by atoms with Gasteiger partial charge in [0.1, 0.15) is 11.4 Å². The third kappa shape index (κ3) is 3.38. The summed E-state index contributed by atoms with van der Waals surface area (Å²) in [5, 5.41) is 5.56. The van der Waals surface area contributed by atoms with Crippen LogP contribution in [0.25, 0.3) is 0 Å². The molecule has 0 saturated carbocycles. The number of oxime groups is 1. The van der Waals surface area contributed by atoms with E-state index in [0.29, 0.717) is 0 Å². The molecule has 1 heterocycles. The van der Waals surface area contributed by atoms with Crippen molar-refractivity contribution in [3.8, 4) is 0 Å². The lowest BCUT2D eigenvalue weighted by Gasteiger charge is -1.88. The van der Waals surface area contributed by atoms with Crippen LogP contribution in [0.3, 0.4) is 0 Å². The molecule has 1 aromatic heterocycles. The fourth-order valence-corrected chi connectivity index (χ4v) is 1.91. The molecule has 5 heteroatoms. The molecular weight excluding hydrogens is 180 g/mol. The Bertz CT molecular complexity index is 210. The molecule has 1 rings (SSSR count). The Kier molecular flexibility index (Phi) is 4.00. The van der Waals surface area contributed by atoms with E-state index in [-0.39, 0.29) is 0 Å². The topological polar surface area (TPSA) is 34.5 Å². The Morgan fingerprint density at radius 2 is 2.82 bits per heavy atom. The largest absolute Gasteiger partial charge is 0.399 e. The van der Waals surface area contributed by atoms with Crippen LogP contribution >= 0.6 is 23.1 Å². The van der Waals surface area contributed by atoms with E-state index in [0.717, 1.165) is 10.1 Å². The Labute approximate surface area is 73.5 Å². The van der Waals surface area contributed by atoms with Gasteiger partial charge in [-0.05, 0) is 0 Å². The van der Waals surface area contributed by atoms with Gasteiger partial charge in [-0.2, -0.15) is 0 Å². The van der Waals surface area contributed by atoms with Crippen molar-refractivity contribution in [1.29, 1.82) is 0 Å². The molecule has 11 heavy (non-hydrogen) atoms. The Morgan fingerprint density at radius 1 is 1.91 bits per heavy atom. The van der Waals surface area contributed by atoms with Crippen molar-refractivity contribution in [2.45, 2.75) is 4.34 Å². The molecule has 0 aromatic carbocycles. The Hall–Kier alpha value is -0.550. The number of thiazole rings is 1. The van der Waals surface area contributed by atoms with E-state index in [1.807, 2.05) is 5.38 Å². The second-order valence-electron chi connectivity index (χ2n) is 1.58. The zero-order valence-corrected chi connectivity index (χ0v) is 7.69. The highest BCUT2D eigenvalue weighted by atomic mass is 32.2. The molecule has 0 unspecified atom stereocenters. The lowest BCUT2D eigenvalue weighted by Crippen LogP contribution is -1.80. The maximum absolute atomic E-state index is 4.50. The molecule has 0 aliphatic carbocycles. The zero-order valence-electron chi connectivity index (χ0n) is 6.06. The van der Waals surface area contributed by atoms with Crippen LogP contribution in [0.1, 0.15) is 0 Å². The van der Waals surface area contributed by atoms with Crippen molar-refractivity contribution in [3.05, 3.63) is 11.6 Å². The van der Waals surface area contributed by atoms with E-state index >= 15 is 0 Å². The van der Waals surface area contributed by atoms with E-state index in [9.17, 15) is 0 Å². The van der Waals surface area contributed by atoms with Crippen LogP contribution in [0.2, 0.25) is 0 Å². The molecule has 3 nitrogen and oxygen atoms in total. The molecule has 0 aliphatic heterocycles. The van der Waals surface area contributed by atoms with Crippen molar-refractivity contribution in [2.24, 2.45) is 5.16 Å². The van der Waals surface area contributed by atoms with Gasteiger partial charge in [0.15, 0.2) is 0 Å². The van der Waals surface area contributed by atoms with Gasteiger partial charge in [0.25, 0.3) is 0 Å². The van der Waals surface area contributed by atoms with Crippen LogP contribution < -0.4 is 0 Å². The van der Waals surface area contributed by atoms with Gasteiger partial charge in [-0.1, -0.05) is 16.9 Å². The number of hydrogen-bond acceptors (Lipinski definition) is 5. The summed E-state index contributed by atoms with van der Waals surface area (Å²) in [5.41, 5.74) is 0. The first-order valence-electron chi connectivity index (χ1n) is 3.01. The standard InChI is InChI=1S/C6H8N2OS2/c1-9-8-3-5-11-6-7-2-4-10-6/h2-4H,5H2,1H3. The van der Waals surface area contributed by atoms with Crippen molar-refractivity contribution in [3.63, 3.8) is 0 Å². The van der Waals surface area contributed by atoms with Gasteiger partial charge in [0.05, 0.1) is 6.21 Å². The summed E-state index contributed by atoms with van der Waals surface area (Å²) < 4.78 is 1.06. The molecule has 1 aromatic rings. The highest BCUT2D eigenvalue weighted by Crippen LogP contribution is 2.18. The smallest absolute Gasteiger partial charge is 0.150 e. The highest BCUT2D eigenvalue weighted by molar-refractivity contribution is 8.01. The minimum atomic E-state index is 0.807. The summed E-state index contributed by atoms with van der Waals surface area (Å²) in [6, 6.07) is 0. The first-order valence-corrected chi connectivity index (χ1v) is 4.87. The minimum Gasteiger partial charge on any atom is -0.399 e. The normalized spacial score (nSPS) is 10.6. The summed E-state index contributed by atoms with van der Waals surface area (Å²) in [7, 11) is 1.53. The molecule has 0 radical (unpaired) electrons. The van der Waals surface area contributed by atoms with Crippen LogP contribution in [-0.2, 0) is 4.84 Å². The number of nitrogens with zero attached hydrogens (tertiary/aromatic N) is 2. The van der Waals surface area contributed by atoms with E-state index in [4.69, 9.17) is 0 Å². The van der Waals surface area contributed by atoms with Gasteiger partial charge in [-0.15, -0.1) is 11.3 Å². The third-order valence-electron chi connectivity index (χ3n) is 0.871. The molecule has 0 saturated heterocycles. The molecule has 60 valence electrons. The number of rotatable bonds is 4. The first kappa shape index (κ1) is 8.55. The molecule has 0 N–H and O–H groups in total. The molecule has 0 fully saturated rings. The molecule has 0 aliphatic rings. The lowest BCUT2D eigenvalue weighted by molar-refractivity contribution is 0.215. The maximum atomic E-state index is 4.50. The van der Waals surface area contributed by atoms with Gasteiger partial charge >= 0.3 is 0 Å². The average Bonchev–Trinajstić information content (AvgIpc) is 2.50. The van der Waals surface area contributed by atoms with Crippen LogP contribution in [0.5, 0.6) is 0 Å². The summed E-state index contributed by atoms with van der Waals surface area (Å²) in [6.07, 6.45) is 3.51. The van der Waals surface area contributed by atoms with Crippen LogP contribution in [-0.4, -0.2) is 24.1 Å². The summed E-state index contributed by atoms with van der Waals surface area (Å²) >= 11 is 3.28. The molecule has 0 bridgehead atoms. The van der Waals surface area contributed by atoms with Crippen molar-refractivity contribution in [1.82, 2.24) is 4.98 Å². The predicted molar refractivity (Wildman–Crippen MR) is 48.3 cm³/mol. The van der Waals surface area contributed by atoms with Crippen molar-refractivity contribution < 1.29 is 4.84 Å². The number of hydrogen-bond donors (Lipinski definition) is 0. The fraction of sp³-hybridized carbons (Fsp3) is 0.333. The van der Waals surface area contributed by atoms with Gasteiger partial charge in [0, 0.05) is 17.3 Å². The van der Waals surface area contributed by atoms with Crippen molar-refractivity contribution in [2.75, 3.05) is 12.9 Å². The molecule has 0 spiro atoms. The molecular formula is C6H8N2OS2. The fourth-order valence-electron chi connectivity index (χ4n) is 0.495. The van der Waals surface area contributed by atoms with E-state index in [2.05, 4.69) is 15.0 Å². The second-order valence-corrected chi connectivity index (χ2v) is 3.74. The van der Waals surface area contributed by atoms with Gasteiger partial charge < -0.3 is 4.84 Å². The second kappa shape index (κ2) is 5.15. The minimum absolute atomic E-state index is 0.807. The number of thioether (sulfide) groups is 1. The van der Waals surface area contributed by atoms with Gasteiger partial charge in [-0.3, -0.25) is 0 Å². The monoisotopic (exact) mass is 188 g/mol. The number of aromatic nitrogens is 1. The van der Waals surface area contributed by atoms with Gasteiger partial charge in [0.2, 0.25) is 0 Å². The maximum Gasteiger partial charge on any atom is 0.150 e. The van der Waals surface area contributed by atoms with E-state index in [1.54, 1.807) is 35.5 Å². The summed E-state index contributed by atoms with van der Waals surface area (Å²) in [5.74, 6) is 0.807. The molecule has 0 atom stereocenters. The van der Waals surface area contributed by atoms with E-state index < -0.39 is 0 Å². The van der Waals surface area contributed by atoms with Crippen molar-refractivity contribution >= 4 is 29.3 Å². The summed E-state index contributed by atoms with van der Waals surface area (Å²) in [6.45, 7) is 0. The quantitative estimate of drug-likeness (QED) is 0.411. The van der Waals surface area contributed by atoms with Gasteiger partial charge in [-0.25, -0.2) is 4.98 Å². The van der Waals surface area contributed by atoms with E-state index in [1.165, 1.54) is 7.11 Å². The average molecular weight is 188 g/mol. The lowest BCUT2D eigenvalue weighted by atomic mass is 10.9. The predicted octanol–water partition coefficient (Wildman–Crippen LogP) is 1.87. The first-order chi connectivity index (χ1) is 5.43. The third-order valence-corrected chi connectivity index (χ3v) is 2.75. The molecule has 0 amide bonds. The summed E-state index contributed by atoms with van der Waals surface area (Å²) in [4.78, 5) is 8.59.